The number of aryl methyl sites for hydroxylation is 2. The molecule has 2 N–H and O–H groups in total. The summed E-state index contributed by atoms with van der Waals surface area (Å²) in [7, 11) is 1.88. The number of benzene rings is 1. The molecule has 0 aliphatic heterocycles. The molecule has 6 nitrogen and oxygen atoms in total. The van der Waals surface area contributed by atoms with Crippen LogP contribution in [0, 0.1) is 0 Å². The maximum Gasteiger partial charge on any atom is 0.339 e. The van der Waals surface area contributed by atoms with Crippen molar-refractivity contribution in [3.8, 4) is 0 Å². The summed E-state index contributed by atoms with van der Waals surface area (Å²) < 4.78 is 1.80. The lowest BCUT2D eigenvalue weighted by Gasteiger charge is -2.04. The van der Waals surface area contributed by atoms with Gasteiger partial charge in [0.25, 0.3) is 0 Å². The van der Waals surface area contributed by atoms with Gasteiger partial charge in [0.2, 0.25) is 0 Å². The Labute approximate surface area is 133 Å². The molecule has 22 heavy (non-hydrogen) atoms. The van der Waals surface area contributed by atoms with Crippen LogP contribution in [-0.4, -0.2) is 22.0 Å². The van der Waals surface area contributed by atoms with Gasteiger partial charge in [-0.1, -0.05) is 11.6 Å². The van der Waals surface area contributed by atoms with Crippen molar-refractivity contribution in [2.24, 2.45) is 12.1 Å². The summed E-state index contributed by atoms with van der Waals surface area (Å²) in [6.45, 7) is 0. The highest BCUT2D eigenvalue weighted by molar-refractivity contribution is 6.30. The van der Waals surface area contributed by atoms with Crippen LogP contribution in [0.1, 0.15) is 23.4 Å². The molecular weight excluding hydrogens is 302 g/mol. The van der Waals surface area contributed by atoms with Gasteiger partial charge in [0, 0.05) is 23.3 Å². The lowest BCUT2D eigenvalue weighted by Crippen LogP contribution is -2.24. The largest absolute Gasteiger partial charge is 0.339 e. The Bertz CT molecular complexity index is 720. The Morgan fingerprint density at radius 3 is 2.91 bits per heavy atom. The second kappa shape index (κ2) is 6.19. The highest BCUT2D eigenvalue weighted by atomic mass is 35.5. The van der Waals surface area contributed by atoms with E-state index in [1.54, 1.807) is 35.2 Å². The van der Waals surface area contributed by atoms with Gasteiger partial charge in [0.05, 0.1) is 17.6 Å². The maximum atomic E-state index is 11.8. The zero-order valence-corrected chi connectivity index (χ0v) is 12.9. The standard InChI is InChI=1S/C15H16ClN5O/c1-21-14(12-3-2-4-13(12)20-21)9-17-19-15(22)18-11-7-5-10(16)6-8-11/h5-9H,2-4H2,1H3,(H2,18,19,22)/b17-9+. The molecule has 1 aliphatic carbocycles. The summed E-state index contributed by atoms with van der Waals surface area (Å²) in [5.74, 6) is 0. The summed E-state index contributed by atoms with van der Waals surface area (Å²) in [5, 5.41) is 11.7. The van der Waals surface area contributed by atoms with Gasteiger partial charge in [-0.15, -0.1) is 0 Å². The first-order chi connectivity index (χ1) is 10.6. The van der Waals surface area contributed by atoms with E-state index < -0.39 is 6.03 Å². The molecule has 114 valence electrons. The number of aromatic nitrogens is 2. The van der Waals surface area contributed by atoms with Crippen LogP contribution in [0.3, 0.4) is 0 Å². The molecule has 0 radical (unpaired) electrons. The zero-order valence-electron chi connectivity index (χ0n) is 12.1. The van der Waals surface area contributed by atoms with E-state index in [4.69, 9.17) is 11.6 Å². The number of hydrazone groups is 1. The molecule has 7 heteroatoms. The van der Waals surface area contributed by atoms with E-state index in [0.29, 0.717) is 10.7 Å². The second-order valence-corrected chi connectivity index (χ2v) is 5.56. The maximum absolute atomic E-state index is 11.8. The van der Waals surface area contributed by atoms with Crippen molar-refractivity contribution in [1.29, 1.82) is 0 Å². The minimum absolute atomic E-state index is 0.405. The SMILES string of the molecule is Cn1nc2c(c1/C=N/NC(=O)Nc1ccc(Cl)cc1)CCC2. The fourth-order valence-electron chi connectivity index (χ4n) is 2.55. The Hall–Kier alpha value is -2.34. The molecule has 0 fully saturated rings. The third-order valence-corrected chi connectivity index (χ3v) is 3.82. The lowest BCUT2D eigenvalue weighted by molar-refractivity contribution is 0.252. The van der Waals surface area contributed by atoms with Gasteiger partial charge in [-0.3, -0.25) is 4.68 Å². The molecule has 3 rings (SSSR count). The van der Waals surface area contributed by atoms with Gasteiger partial charge in [-0.2, -0.15) is 10.2 Å². The third kappa shape index (κ3) is 3.12. The molecule has 1 heterocycles. The van der Waals surface area contributed by atoms with Gasteiger partial charge >= 0.3 is 6.03 Å². The number of fused-ring (bicyclic) bond motifs is 1. The Balaban J connectivity index is 1.60. The van der Waals surface area contributed by atoms with E-state index in [0.717, 1.165) is 30.7 Å². The van der Waals surface area contributed by atoms with Gasteiger partial charge < -0.3 is 5.32 Å². The van der Waals surface area contributed by atoms with Crippen LogP contribution < -0.4 is 10.7 Å². The van der Waals surface area contributed by atoms with Gasteiger partial charge in [-0.25, -0.2) is 10.2 Å². The first kappa shape index (κ1) is 14.6. The van der Waals surface area contributed by atoms with Crippen LogP contribution in [0.15, 0.2) is 29.4 Å². The summed E-state index contributed by atoms with van der Waals surface area (Å²) in [5.41, 5.74) is 6.40. The van der Waals surface area contributed by atoms with Gasteiger partial charge in [-0.05, 0) is 43.5 Å². The van der Waals surface area contributed by atoms with Crippen molar-refractivity contribution < 1.29 is 4.79 Å². The van der Waals surface area contributed by atoms with Crippen molar-refractivity contribution in [3.05, 3.63) is 46.2 Å². The number of carbonyl (C=O) groups is 1. The fourth-order valence-corrected chi connectivity index (χ4v) is 2.68. The summed E-state index contributed by atoms with van der Waals surface area (Å²) in [6, 6.07) is 6.45. The van der Waals surface area contributed by atoms with Crippen molar-refractivity contribution in [2.45, 2.75) is 19.3 Å². The van der Waals surface area contributed by atoms with Crippen LogP contribution in [0.4, 0.5) is 10.5 Å². The predicted molar refractivity (Wildman–Crippen MR) is 86.4 cm³/mol. The van der Waals surface area contributed by atoms with E-state index >= 15 is 0 Å². The molecule has 0 spiro atoms. The predicted octanol–water partition coefficient (Wildman–Crippen LogP) is 2.72. The van der Waals surface area contributed by atoms with Crippen LogP contribution in [0.25, 0.3) is 0 Å². The van der Waals surface area contributed by atoms with Crippen molar-refractivity contribution >= 4 is 29.5 Å². The summed E-state index contributed by atoms with van der Waals surface area (Å²) in [6.07, 6.45) is 4.80. The van der Waals surface area contributed by atoms with E-state index in [-0.39, 0.29) is 0 Å². The number of halogens is 1. The molecule has 2 aromatic rings. The quantitative estimate of drug-likeness (QED) is 0.675. The molecule has 1 aliphatic rings. The Morgan fingerprint density at radius 2 is 2.14 bits per heavy atom. The molecule has 0 saturated heterocycles. The van der Waals surface area contributed by atoms with Gasteiger partial charge in [0.1, 0.15) is 0 Å². The number of anilines is 1. The van der Waals surface area contributed by atoms with Crippen molar-refractivity contribution in [1.82, 2.24) is 15.2 Å². The highest BCUT2D eigenvalue weighted by Crippen LogP contribution is 2.22. The van der Waals surface area contributed by atoms with E-state index in [2.05, 4.69) is 20.9 Å². The highest BCUT2D eigenvalue weighted by Gasteiger charge is 2.19. The molecule has 0 atom stereocenters. The smallest absolute Gasteiger partial charge is 0.307 e. The van der Waals surface area contributed by atoms with Crippen LogP contribution in [-0.2, 0) is 19.9 Å². The Kier molecular flexibility index (Phi) is 4.11. The zero-order chi connectivity index (χ0) is 15.5. The minimum Gasteiger partial charge on any atom is -0.307 e. The average Bonchev–Trinajstić information content (AvgIpc) is 3.04. The number of amides is 2. The van der Waals surface area contributed by atoms with Crippen LogP contribution >= 0.6 is 11.6 Å². The van der Waals surface area contributed by atoms with E-state index in [1.165, 1.54) is 5.56 Å². The number of rotatable bonds is 3. The third-order valence-electron chi connectivity index (χ3n) is 3.57. The summed E-state index contributed by atoms with van der Waals surface area (Å²) >= 11 is 5.79. The summed E-state index contributed by atoms with van der Waals surface area (Å²) in [4.78, 5) is 11.8. The molecular formula is C15H16ClN5O. The van der Waals surface area contributed by atoms with E-state index in [9.17, 15) is 4.79 Å². The number of hydrogen-bond donors (Lipinski definition) is 2. The monoisotopic (exact) mass is 317 g/mol. The number of hydrogen-bond acceptors (Lipinski definition) is 3. The minimum atomic E-state index is -0.405. The topological polar surface area (TPSA) is 71.3 Å². The molecule has 1 aromatic heterocycles. The molecule has 0 unspecified atom stereocenters. The van der Waals surface area contributed by atoms with Crippen LogP contribution in [0.2, 0.25) is 5.02 Å². The normalized spacial score (nSPS) is 13.4. The number of nitrogens with one attached hydrogen (secondary N) is 2. The number of carbonyl (C=O) groups excluding carboxylic acids is 1. The first-order valence-corrected chi connectivity index (χ1v) is 7.41. The van der Waals surface area contributed by atoms with E-state index in [1.807, 2.05) is 7.05 Å². The number of nitrogens with zero attached hydrogens (tertiary/aromatic N) is 3. The van der Waals surface area contributed by atoms with Gasteiger partial charge in [0.15, 0.2) is 0 Å². The fraction of sp³-hybridized carbons (Fsp3) is 0.267. The molecule has 0 saturated carbocycles. The molecule has 2 amide bonds. The van der Waals surface area contributed by atoms with Crippen molar-refractivity contribution in [2.75, 3.05) is 5.32 Å². The average molecular weight is 318 g/mol. The van der Waals surface area contributed by atoms with Crippen LogP contribution in [0.5, 0.6) is 0 Å². The molecule has 1 aromatic carbocycles. The first-order valence-electron chi connectivity index (χ1n) is 7.04. The molecule has 0 bridgehead atoms. The number of urea groups is 1. The lowest BCUT2D eigenvalue weighted by atomic mass is 10.2. The Morgan fingerprint density at radius 1 is 1.36 bits per heavy atom. The van der Waals surface area contributed by atoms with Crippen molar-refractivity contribution in [3.63, 3.8) is 0 Å². The second-order valence-electron chi connectivity index (χ2n) is 5.12.